The minimum absolute atomic E-state index is 0.404. The van der Waals surface area contributed by atoms with E-state index in [9.17, 15) is 39.9 Å². The molecule has 0 spiro atoms. The van der Waals surface area contributed by atoms with Crippen LogP contribution in [0.2, 0.25) is 0 Å². The van der Waals surface area contributed by atoms with Crippen molar-refractivity contribution in [3.8, 4) is 0 Å². The number of anilines is 1. The van der Waals surface area contributed by atoms with E-state index in [2.05, 4.69) is 5.32 Å². The molecular weight excluding hydrogens is 346 g/mol. The fourth-order valence-electron chi connectivity index (χ4n) is 1.86. The molecule has 14 heteroatoms. The quantitative estimate of drug-likeness (QED) is 0.410. The van der Waals surface area contributed by atoms with E-state index in [0.29, 0.717) is 12.1 Å². The number of carboxylic acid groups (broad SMARTS) is 1. The molecule has 0 saturated carbocycles. The second-order valence-electron chi connectivity index (χ2n) is 4.67. The highest BCUT2D eigenvalue weighted by Crippen LogP contribution is 2.38. The summed E-state index contributed by atoms with van der Waals surface area (Å²) >= 11 is 0. The summed E-state index contributed by atoms with van der Waals surface area (Å²) in [4.78, 5) is 51.6. The van der Waals surface area contributed by atoms with Crippen molar-refractivity contribution < 1.29 is 29.5 Å². The van der Waals surface area contributed by atoms with Gasteiger partial charge in [0.1, 0.15) is 6.04 Å². The van der Waals surface area contributed by atoms with Gasteiger partial charge in [-0.15, -0.1) is 0 Å². The van der Waals surface area contributed by atoms with Crippen molar-refractivity contribution in [2.24, 2.45) is 5.73 Å². The third-order valence-corrected chi connectivity index (χ3v) is 2.98. The molecule has 25 heavy (non-hydrogen) atoms. The normalized spacial score (nSPS) is 11.4. The van der Waals surface area contributed by atoms with E-state index in [1.165, 1.54) is 0 Å². The average molecular weight is 357 g/mol. The molecule has 0 saturated heterocycles. The van der Waals surface area contributed by atoms with Crippen LogP contribution in [0.1, 0.15) is 12.8 Å². The van der Waals surface area contributed by atoms with E-state index in [-0.39, 0.29) is 0 Å². The van der Waals surface area contributed by atoms with Crippen molar-refractivity contribution in [1.29, 1.82) is 0 Å². The lowest BCUT2D eigenvalue weighted by Gasteiger charge is -2.15. The van der Waals surface area contributed by atoms with Crippen molar-refractivity contribution in [2.75, 3.05) is 5.32 Å². The van der Waals surface area contributed by atoms with Crippen LogP contribution in [-0.4, -0.2) is 37.8 Å². The van der Waals surface area contributed by atoms with Crippen LogP contribution in [-0.2, 0) is 9.59 Å². The zero-order valence-corrected chi connectivity index (χ0v) is 12.3. The number of non-ortho nitro benzene ring substituents is 1. The number of nitrogens with zero attached hydrogens (tertiary/aromatic N) is 3. The Labute approximate surface area is 137 Å². The highest BCUT2D eigenvalue weighted by atomic mass is 16.6. The number of carboxylic acids is 1. The Morgan fingerprint density at radius 2 is 1.56 bits per heavy atom. The molecule has 0 heterocycles. The number of primary amides is 1. The number of carbonyl (C=O) groups excluding carboxylic acids is 1. The molecule has 0 radical (unpaired) electrons. The number of nitro benzene ring substituents is 3. The van der Waals surface area contributed by atoms with E-state index in [1.54, 1.807) is 0 Å². The lowest BCUT2D eigenvalue weighted by molar-refractivity contribution is -0.401. The first kappa shape index (κ1) is 19.2. The molecule has 1 aromatic carbocycles. The molecule has 1 amide bonds. The monoisotopic (exact) mass is 357 g/mol. The van der Waals surface area contributed by atoms with Gasteiger partial charge in [-0.25, -0.2) is 4.79 Å². The van der Waals surface area contributed by atoms with Crippen molar-refractivity contribution >= 4 is 34.6 Å². The van der Waals surface area contributed by atoms with Crippen LogP contribution in [0.15, 0.2) is 12.1 Å². The van der Waals surface area contributed by atoms with Gasteiger partial charge in [0.15, 0.2) is 5.69 Å². The predicted octanol–water partition coefficient (Wildman–Crippen LogP) is 0.542. The lowest BCUT2D eigenvalue weighted by atomic mass is 10.1. The Morgan fingerprint density at radius 3 is 1.88 bits per heavy atom. The molecule has 0 aliphatic carbocycles. The van der Waals surface area contributed by atoms with Gasteiger partial charge >= 0.3 is 17.3 Å². The van der Waals surface area contributed by atoms with Crippen molar-refractivity contribution in [3.63, 3.8) is 0 Å². The number of aliphatic carboxylic acids is 1. The van der Waals surface area contributed by atoms with Gasteiger partial charge in [0.2, 0.25) is 5.91 Å². The summed E-state index contributed by atoms with van der Waals surface area (Å²) in [6.45, 7) is 0. The molecule has 0 fully saturated rings. The topological polar surface area (TPSA) is 222 Å². The van der Waals surface area contributed by atoms with Crippen LogP contribution in [0.5, 0.6) is 0 Å². The van der Waals surface area contributed by atoms with E-state index >= 15 is 0 Å². The van der Waals surface area contributed by atoms with E-state index < -0.39 is 68.3 Å². The summed E-state index contributed by atoms with van der Waals surface area (Å²) in [5, 5.41) is 44.1. The number of carbonyl (C=O) groups is 2. The fraction of sp³-hybridized carbons (Fsp3) is 0.273. The van der Waals surface area contributed by atoms with E-state index in [4.69, 9.17) is 10.8 Å². The lowest BCUT2D eigenvalue weighted by Crippen LogP contribution is -2.31. The SMILES string of the molecule is NC(=O)CC[C@H](Nc1c([N+](=O)[O-])cc([N+](=O)[O-])cc1[N+](=O)[O-])C(=O)O. The van der Waals surface area contributed by atoms with E-state index in [1.807, 2.05) is 0 Å². The van der Waals surface area contributed by atoms with Crippen LogP contribution in [0.3, 0.4) is 0 Å². The summed E-state index contributed by atoms with van der Waals surface area (Å²) in [6, 6.07) is -0.698. The molecule has 0 aromatic heterocycles. The predicted molar refractivity (Wildman–Crippen MR) is 79.9 cm³/mol. The highest BCUT2D eigenvalue weighted by Gasteiger charge is 2.33. The van der Waals surface area contributed by atoms with Crippen molar-refractivity contribution in [3.05, 3.63) is 42.5 Å². The number of nitro groups is 3. The summed E-state index contributed by atoms with van der Waals surface area (Å²) in [5.41, 5.74) is 1.06. The number of benzene rings is 1. The Bertz CT molecular complexity index is 727. The second-order valence-corrected chi connectivity index (χ2v) is 4.67. The average Bonchev–Trinajstić information content (AvgIpc) is 2.49. The van der Waals surface area contributed by atoms with Gasteiger partial charge in [0, 0.05) is 6.42 Å². The molecule has 134 valence electrons. The number of rotatable bonds is 9. The standard InChI is InChI=1S/C11H11N5O9/c12-9(17)2-1-6(11(18)19)13-10-7(15(22)23)3-5(14(20)21)4-8(10)16(24)25/h3-4,6,13H,1-2H2,(H2,12,17)(H,18,19)/t6-/m0/s1. The van der Waals surface area contributed by atoms with Gasteiger partial charge in [-0.05, 0) is 6.42 Å². The van der Waals surface area contributed by atoms with Crippen LogP contribution in [0.25, 0.3) is 0 Å². The first-order valence-corrected chi connectivity index (χ1v) is 6.43. The first-order valence-electron chi connectivity index (χ1n) is 6.43. The minimum Gasteiger partial charge on any atom is -0.480 e. The number of nitrogens with two attached hydrogens (primary N) is 1. The summed E-state index contributed by atoms with van der Waals surface area (Å²) in [6.07, 6.45) is -0.811. The summed E-state index contributed by atoms with van der Waals surface area (Å²) < 4.78 is 0. The highest BCUT2D eigenvalue weighted by molar-refractivity contribution is 5.84. The molecule has 0 aliphatic rings. The summed E-state index contributed by atoms with van der Waals surface area (Å²) in [7, 11) is 0. The smallest absolute Gasteiger partial charge is 0.326 e. The fourth-order valence-corrected chi connectivity index (χ4v) is 1.86. The van der Waals surface area contributed by atoms with Gasteiger partial charge in [0.25, 0.3) is 5.69 Å². The molecule has 1 aromatic rings. The zero-order valence-electron chi connectivity index (χ0n) is 12.3. The molecule has 0 aliphatic heterocycles. The van der Waals surface area contributed by atoms with Gasteiger partial charge in [-0.2, -0.15) is 0 Å². The Hall–Kier alpha value is -3.84. The number of amides is 1. The zero-order chi connectivity index (χ0) is 19.3. The maximum absolute atomic E-state index is 11.2. The number of hydrogen-bond donors (Lipinski definition) is 3. The molecular formula is C11H11N5O9. The molecule has 0 unspecified atom stereocenters. The van der Waals surface area contributed by atoms with Crippen LogP contribution >= 0.6 is 0 Å². The first-order chi connectivity index (χ1) is 11.5. The number of hydrogen-bond acceptors (Lipinski definition) is 9. The molecule has 0 bridgehead atoms. The van der Waals surface area contributed by atoms with Crippen LogP contribution in [0.4, 0.5) is 22.7 Å². The number of nitrogens with one attached hydrogen (secondary N) is 1. The van der Waals surface area contributed by atoms with Gasteiger partial charge in [-0.3, -0.25) is 35.1 Å². The Balaban J connectivity index is 3.46. The third-order valence-electron chi connectivity index (χ3n) is 2.98. The van der Waals surface area contributed by atoms with Gasteiger partial charge in [-0.1, -0.05) is 0 Å². The molecule has 4 N–H and O–H groups in total. The summed E-state index contributed by atoms with van der Waals surface area (Å²) in [5.74, 6) is -2.40. The second kappa shape index (κ2) is 7.62. The van der Waals surface area contributed by atoms with Crippen molar-refractivity contribution in [2.45, 2.75) is 18.9 Å². The van der Waals surface area contributed by atoms with Crippen LogP contribution < -0.4 is 11.1 Å². The maximum Gasteiger partial charge on any atom is 0.326 e. The molecule has 1 atom stereocenters. The van der Waals surface area contributed by atoms with Gasteiger partial charge in [0.05, 0.1) is 26.9 Å². The Morgan fingerprint density at radius 1 is 1.08 bits per heavy atom. The molecule has 14 nitrogen and oxygen atoms in total. The van der Waals surface area contributed by atoms with Crippen LogP contribution in [0, 0.1) is 30.3 Å². The third kappa shape index (κ3) is 4.81. The minimum atomic E-state index is -1.62. The van der Waals surface area contributed by atoms with Crippen molar-refractivity contribution in [1.82, 2.24) is 0 Å². The molecule has 1 rings (SSSR count). The van der Waals surface area contributed by atoms with E-state index in [0.717, 1.165) is 0 Å². The maximum atomic E-state index is 11.2. The Kier molecular flexibility index (Phi) is 5.86. The van der Waals surface area contributed by atoms with Gasteiger partial charge < -0.3 is 16.2 Å². The largest absolute Gasteiger partial charge is 0.480 e.